The number of carbonyl (C=O) groups excluding carboxylic acids is 2. The molecular weight excluding hydrogens is 196 g/mol. The van der Waals surface area contributed by atoms with Crippen molar-refractivity contribution in [3.05, 3.63) is 0 Å². The average Bonchev–Trinajstić information content (AvgIpc) is 2.14. The van der Waals surface area contributed by atoms with Crippen LogP contribution in [0.25, 0.3) is 0 Å². The van der Waals surface area contributed by atoms with Crippen molar-refractivity contribution in [2.75, 3.05) is 0 Å². The van der Waals surface area contributed by atoms with Gasteiger partial charge in [-0.25, -0.2) is 0 Å². The van der Waals surface area contributed by atoms with Gasteiger partial charge in [-0.2, -0.15) is 0 Å². The zero-order valence-electron chi connectivity index (χ0n) is 5.76. The Bertz CT molecular complexity index is 176. The van der Waals surface area contributed by atoms with Gasteiger partial charge < -0.3 is 0 Å². The first kappa shape index (κ1) is 7.92. The number of halogens is 1. The van der Waals surface area contributed by atoms with Crippen LogP contribution in [0.3, 0.4) is 0 Å². The third kappa shape index (κ3) is 1.29. The zero-order valence-corrected chi connectivity index (χ0v) is 7.35. The molecule has 0 aliphatic heterocycles. The van der Waals surface area contributed by atoms with Crippen LogP contribution in [0, 0.1) is 5.92 Å². The zero-order chi connectivity index (χ0) is 7.72. The van der Waals surface area contributed by atoms with Gasteiger partial charge in [0.15, 0.2) is 5.78 Å². The molecule has 0 spiro atoms. The first-order valence-electron chi connectivity index (χ1n) is 3.31. The van der Waals surface area contributed by atoms with E-state index in [0.29, 0.717) is 0 Å². The molecule has 1 fully saturated rings. The van der Waals surface area contributed by atoms with E-state index >= 15 is 0 Å². The predicted octanol–water partition coefficient (Wildman–Crippen LogP) is 1.32. The summed E-state index contributed by atoms with van der Waals surface area (Å²) >= 11 is 3.21. The molecule has 56 valence electrons. The molecule has 3 heteroatoms. The summed E-state index contributed by atoms with van der Waals surface area (Å²) in [6, 6.07) is 0. The average molecular weight is 205 g/mol. The highest BCUT2D eigenvalue weighted by molar-refractivity contribution is 9.10. The SMILES string of the molecule is CC(=O)C1CCC(Br)C1=O. The molecule has 1 aliphatic carbocycles. The van der Waals surface area contributed by atoms with E-state index in [1.807, 2.05) is 0 Å². The van der Waals surface area contributed by atoms with Gasteiger partial charge >= 0.3 is 0 Å². The monoisotopic (exact) mass is 204 g/mol. The van der Waals surface area contributed by atoms with Crippen molar-refractivity contribution in [1.82, 2.24) is 0 Å². The lowest BCUT2D eigenvalue weighted by Gasteiger charge is -2.00. The highest BCUT2D eigenvalue weighted by atomic mass is 79.9. The maximum Gasteiger partial charge on any atom is 0.156 e. The molecule has 0 aromatic heterocycles. The van der Waals surface area contributed by atoms with Crippen LogP contribution in [0.2, 0.25) is 0 Å². The Morgan fingerprint density at radius 2 is 2.20 bits per heavy atom. The summed E-state index contributed by atoms with van der Waals surface area (Å²) in [4.78, 5) is 21.8. The first-order chi connectivity index (χ1) is 4.63. The topological polar surface area (TPSA) is 34.1 Å². The Morgan fingerprint density at radius 3 is 2.40 bits per heavy atom. The van der Waals surface area contributed by atoms with Crippen LogP contribution >= 0.6 is 15.9 Å². The fraction of sp³-hybridized carbons (Fsp3) is 0.714. The number of hydrogen-bond acceptors (Lipinski definition) is 2. The highest BCUT2D eigenvalue weighted by Gasteiger charge is 2.34. The van der Waals surface area contributed by atoms with Gasteiger partial charge in [-0.3, -0.25) is 9.59 Å². The Balaban J connectivity index is 2.66. The Morgan fingerprint density at radius 1 is 1.60 bits per heavy atom. The van der Waals surface area contributed by atoms with E-state index < -0.39 is 0 Å². The summed E-state index contributed by atoms with van der Waals surface area (Å²) in [5, 5.41) is 0. The lowest BCUT2D eigenvalue weighted by molar-refractivity contribution is -0.129. The minimum Gasteiger partial charge on any atom is -0.299 e. The summed E-state index contributed by atoms with van der Waals surface area (Å²) in [7, 11) is 0. The van der Waals surface area contributed by atoms with Gasteiger partial charge in [0.2, 0.25) is 0 Å². The summed E-state index contributed by atoms with van der Waals surface area (Å²) in [6.45, 7) is 1.48. The number of hydrogen-bond donors (Lipinski definition) is 0. The van der Waals surface area contributed by atoms with E-state index in [-0.39, 0.29) is 22.3 Å². The van der Waals surface area contributed by atoms with E-state index in [9.17, 15) is 9.59 Å². The lowest BCUT2D eigenvalue weighted by Crippen LogP contribution is -2.19. The standard InChI is InChI=1S/C7H9BrO2/c1-4(9)5-2-3-6(8)7(5)10/h5-6H,2-3H2,1H3. The van der Waals surface area contributed by atoms with Crippen LogP contribution in [-0.2, 0) is 9.59 Å². The summed E-state index contributed by atoms with van der Waals surface area (Å²) in [5.74, 6) is -0.246. The highest BCUT2D eigenvalue weighted by Crippen LogP contribution is 2.27. The van der Waals surface area contributed by atoms with Gasteiger partial charge in [-0.15, -0.1) is 0 Å². The largest absolute Gasteiger partial charge is 0.299 e. The second-order valence-corrected chi connectivity index (χ2v) is 3.72. The van der Waals surface area contributed by atoms with Crippen molar-refractivity contribution < 1.29 is 9.59 Å². The maximum atomic E-state index is 11.1. The molecule has 2 unspecified atom stereocenters. The smallest absolute Gasteiger partial charge is 0.156 e. The van der Waals surface area contributed by atoms with E-state index in [1.54, 1.807) is 0 Å². The van der Waals surface area contributed by atoms with Crippen molar-refractivity contribution in [3.8, 4) is 0 Å². The first-order valence-corrected chi connectivity index (χ1v) is 4.22. The lowest BCUT2D eigenvalue weighted by atomic mass is 10.0. The number of alkyl halides is 1. The van der Waals surface area contributed by atoms with E-state index in [4.69, 9.17) is 0 Å². The third-order valence-corrected chi connectivity index (χ3v) is 2.76. The minimum atomic E-state index is -0.315. The quantitative estimate of drug-likeness (QED) is 0.477. The number of carbonyl (C=O) groups is 2. The molecule has 2 nitrogen and oxygen atoms in total. The molecule has 0 aromatic rings. The second-order valence-electron chi connectivity index (χ2n) is 2.61. The summed E-state index contributed by atoms with van der Waals surface area (Å²) in [6.07, 6.45) is 1.53. The van der Waals surface area contributed by atoms with Crippen molar-refractivity contribution in [2.45, 2.75) is 24.6 Å². The third-order valence-electron chi connectivity index (χ3n) is 1.85. The Kier molecular flexibility index (Phi) is 2.24. The van der Waals surface area contributed by atoms with Gasteiger partial charge in [0.25, 0.3) is 0 Å². The molecule has 0 amide bonds. The van der Waals surface area contributed by atoms with E-state index in [2.05, 4.69) is 15.9 Å². The molecule has 0 heterocycles. The van der Waals surface area contributed by atoms with Crippen LogP contribution in [0.1, 0.15) is 19.8 Å². The van der Waals surface area contributed by atoms with Gasteiger partial charge in [-0.05, 0) is 19.8 Å². The number of ketones is 2. The van der Waals surface area contributed by atoms with Crippen molar-refractivity contribution in [1.29, 1.82) is 0 Å². The molecule has 0 bridgehead atoms. The molecule has 1 saturated carbocycles. The predicted molar refractivity (Wildman–Crippen MR) is 41.1 cm³/mol. The molecule has 1 rings (SSSR count). The van der Waals surface area contributed by atoms with Crippen LogP contribution in [0.5, 0.6) is 0 Å². The van der Waals surface area contributed by atoms with Crippen LogP contribution in [0.15, 0.2) is 0 Å². The molecule has 0 radical (unpaired) electrons. The fourth-order valence-electron chi connectivity index (χ4n) is 1.22. The van der Waals surface area contributed by atoms with Crippen molar-refractivity contribution in [3.63, 3.8) is 0 Å². The van der Waals surface area contributed by atoms with Crippen molar-refractivity contribution in [2.24, 2.45) is 5.92 Å². The normalized spacial score (nSPS) is 32.8. The molecule has 0 aromatic carbocycles. The second kappa shape index (κ2) is 2.82. The van der Waals surface area contributed by atoms with Crippen LogP contribution in [-0.4, -0.2) is 16.4 Å². The molecule has 10 heavy (non-hydrogen) atoms. The molecule has 0 saturated heterocycles. The molecule has 2 atom stereocenters. The van der Waals surface area contributed by atoms with Gasteiger partial charge in [0, 0.05) is 0 Å². The van der Waals surface area contributed by atoms with Gasteiger partial charge in [0.05, 0.1) is 10.7 Å². The number of Topliss-reactive ketones (excluding diaryl/α,β-unsaturated/α-hetero) is 2. The minimum absolute atomic E-state index is 0.00644. The van der Waals surface area contributed by atoms with E-state index in [1.165, 1.54) is 6.92 Å². The Hall–Kier alpha value is -0.180. The van der Waals surface area contributed by atoms with E-state index in [0.717, 1.165) is 12.8 Å². The van der Waals surface area contributed by atoms with Gasteiger partial charge in [0.1, 0.15) is 5.78 Å². The maximum absolute atomic E-state index is 11.1. The molecular formula is C7H9BrO2. The number of rotatable bonds is 1. The van der Waals surface area contributed by atoms with Crippen LogP contribution in [0.4, 0.5) is 0 Å². The summed E-state index contributed by atoms with van der Waals surface area (Å²) < 4.78 is 0. The Labute approximate surface area is 68.1 Å². The molecule has 0 N–H and O–H groups in total. The summed E-state index contributed by atoms with van der Waals surface area (Å²) in [5.41, 5.74) is 0. The molecule has 1 aliphatic rings. The fourth-order valence-corrected chi connectivity index (χ4v) is 1.80. The van der Waals surface area contributed by atoms with Gasteiger partial charge in [-0.1, -0.05) is 15.9 Å². The van der Waals surface area contributed by atoms with Crippen molar-refractivity contribution >= 4 is 27.5 Å². The van der Waals surface area contributed by atoms with Crippen LogP contribution < -0.4 is 0 Å².